The van der Waals surface area contributed by atoms with Gasteiger partial charge in [0.1, 0.15) is 0 Å². The molecule has 0 amide bonds. The molecule has 0 aliphatic carbocycles. The maximum Gasteiger partial charge on any atom is 0.187 e. The van der Waals surface area contributed by atoms with Crippen LogP contribution in [0.5, 0.6) is 0 Å². The van der Waals surface area contributed by atoms with Crippen molar-refractivity contribution in [1.82, 2.24) is 9.97 Å². The van der Waals surface area contributed by atoms with Gasteiger partial charge in [0, 0.05) is 24.3 Å². The maximum atomic E-state index is 5.50. The predicted octanol–water partition coefficient (Wildman–Crippen LogP) is 2.55. The van der Waals surface area contributed by atoms with Crippen molar-refractivity contribution in [2.75, 3.05) is 13.2 Å². The molecule has 1 saturated heterocycles. The summed E-state index contributed by atoms with van der Waals surface area (Å²) in [4.78, 5) is 8.51. The Bertz CT molecular complexity index is 331. The van der Waals surface area contributed by atoms with Gasteiger partial charge in [0.15, 0.2) is 5.16 Å². The molecule has 1 fully saturated rings. The van der Waals surface area contributed by atoms with Crippen LogP contribution in [0.4, 0.5) is 0 Å². The lowest BCUT2D eigenvalue weighted by Crippen LogP contribution is -2.29. The highest BCUT2D eigenvalue weighted by Gasteiger charge is 2.26. The molecule has 2 heterocycles. The van der Waals surface area contributed by atoms with Gasteiger partial charge in [-0.25, -0.2) is 9.97 Å². The monoisotopic (exact) mass is 236 g/mol. The van der Waals surface area contributed by atoms with Crippen LogP contribution in [0.3, 0.4) is 0 Å². The van der Waals surface area contributed by atoms with E-state index in [1.165, 1.54) is 0 Å². The van der Waals surface area contributed by atoms with Crippen molar-refractivity contribution < 1.29 is 4.74 Å². The molecule has 0 bridgehead atoms. The van der Waals surface area contributed by atoms with Crippen molar-refractivity contribution in [1.29, 1.82) is 0 Å². The van der Waals surface area contributed by atoms with E-state index in [9.17, 15) is 0 Å². The van der Waals surface area contributed by atoms with E-state index in [-0.39, 0.29) is 0 Å². The minimum absolute atomic E-state index is 0.542. The molecule has 4 heteroatoms. The van der Waals surface area contributed by atoms with E-state index in [0.717, 1.165) is 31.2 Å². The Morgan fingerprint density at radius 1 is 1.50 bits per heavy atom. The molecule has 86 valence electrons. The van der Waals surface area contributed by atoms with E-state index in [0.29, 0.717) is 11.2 Å². The largest absolute Gasteiger partial charge is 0.381 e. The van der Waals surface area contributed by atoms with E-state index in [1.54, 1.807) is 24.2 Å². The second-order valence-electron chi connectivity index (χ2n) is 3.84. The topological polar surface area (TPSA) is 35.0 Å². The van der Waals surface area contributed by atoms with Gasteiger partial charge in [-0.05, 0) is 24.8 Å². The Balaban J connectivity index is 1.98. The fourth-order valence-corrected chi connectivity index (χ4v) is 2.96. The Morgan fingerprint density at radius 3 is 3.06 bits per heavy atom. The molecule has 1 aromatic rings. The maximum absolute atomic E-state index is 5.50. The van der Waals surface area contributed by atoms with Gasteiger partial charge in [-0.15, -0.1) is 6.58 Å². The number of ether oxygens (including phenoxy) is 1. The van der Waals surface area contributed by atoms with Crippen molar-refractivity contribution in [3.63, 3.8) is 0 Å². The molecular weight excluding hydrogens is 220 g/mol. The molecule has 0 saturated carbocycles. The van der Waals surface area contributed by atoms with Crippen molar-refractivity contribution in [3.05, 3.63) is 31.1 Å². The number of aromatic nitrogens is 2. The lowest BCUT2D eigenvalue weighted by atomic mass is 9.98. The molecule has 1 aliphatic heterocycles. The second-order valence-corrected chi connectivity index (χ2v) is 5.04. The Hall–Kier alpha value is -0.870. The molecule has 1 aliphatic rings. The van der Waals surface area contributed by atoms with Crippen molar-refractivity contribution in [2.45, 2.75) is 23.2 Å². The Labute approximate surface area is 100 Å². The number of allylic oxidation sites excluding steroid dienone is 1. The van der Waals surface area contributed by atoms with E-state index in [4.69, 9.17) is 4.74 Å². The fraction of sp³-hybridized carbons (Fsp3) is 0.500. The second kappa shape index (κ2) is 6.01. The van der Waals surface area contributed by atoms with Gasteiger partial charge in [0.25, 0.3) is 0 Å². The minimum Gasteiger partial charge on any atom is -0.381 e. The van der Waals surface area contributed by atoms with Gasteiger partial charge in [0.05, 0.1) is 6.61 Å². The first-order valence-electron chi connectivity index (χ1n) is 5.52. The summed E-state index contributed by atoms with van der Waals surface area (Å²) in [6, 6.07) is 1.84. The smallest absolute Gasteiger partial charge is 0.187 e. The number of hydrogen-bond donors (Lipinski definition) is 0. The van der Waals surface area contributed by atoms with Crippen LogP contribution in [0.25, 0.3) is 0 Å². The van der Waals surface area contributed by atoms with Gasteiger partial charge < -0.3 is 4.74 Å². The minimum atomic E-state index is 0.542. The van der Waals surface area contributed by atoms with E-state index < -0.39 is 0 Å². The molecule has 0 unspecified atom stereocenters. The number of thioether (sulfide) groups is 1. The molecular formula is C12H16N2OS. The van der Waals surface area contributed by atoms with Crippen molar-refractivity contribution in [2.24, 2.45) is 5.92 Å². The molecule has 1 aromatic heterocycles. The van der Waals surface area contributed by atoms with Crippen LogP contribution in [0.15, 0.2) is 36.3 Å². The molecule has 0 radical (unpaired) electrons. The van der Waals surface area contributed by atoms with Gasteiger partial charge in [-0.1, -0.05) is 17.8 Å². The van der Waals surface area contributed by atoms with Crippen LogP contribution < -0.4 is 0 Å². The average Bonchev–Trinajstić information content (AvgIpc) is 2.33. The summed E-state index contributed by atoms with van der Waals surface area (Å²) in [6.07, 6.45) is 7.62. The molecule has 3 nitrogen and oxygen atoms in total. The van der Waals surface area contributed by atoms with E-state index in [2.05, 4.69) is 16.5 Å². The third-order valence-electron chi connectivity index (χ3n) is 2.67. The van der Waals surface area contributed by atoms with Gasteiger partial charge >= 0.3 is 0 Å². The molecule has 0 aromatic carbocycles. The van der Waals surface area contributed by atoms with Gasteiger partial charge in [-0.3, -0.25) is 0 Å². The van der Waals surface area contributed by atoms with Crippen molar-refractivity contribution in [3.8, 4) is 0 Å². The fourth-order valence-electron chi connectivity index (χ4n) is 1.85. The average molecular weight is 236 g/mol. The molecule has 2 atom stereocenters. The summed E-state index contributed by atoms with van der Waals surface area (Å²) in [5, 5.41) is 1.41. The number of rotatable bonds is 4. The Kier molecular flexibility index (Phi) is 4.36. The molecule has 0 N–H and O–H groups in total. The summed E-state index contributed by atoms with van der Waals surface area (Å²) < 4.78 is 5.50. The highest BCUT2D eigenvalue weighted by Crippen LogP contribution is 2.32. The molecule has 16 heavy (non-hydrogen) atoms. The van der Waals surface area contributed by atoms with Crippen molar-refractivity contribution >= 4 is 11.8 Å². The summed E-state index contributed by atoms with van der Waals surface area (Å²) in [5.74, 6) is 0.542. The van der Waals surface area contributed by atoms with Crippen LogP contribution in [0.2, 0.25) is 0 Å². The van der Waals surface area contributed by atoms with Crippen LogP contribution in [-0.2, 0) is 4.74 Å². The summed E-state index contributed by atoms with van der Waals surface area (Å²) >= 11 is 1.76. The number of nitrogens with zero attached hydrogens (tertiary/aromatic N) is 2. The molecule has 2 rings (SSSR count). The zero-order chi connectivity index (χ0) is 11.2. The summed E-state index contributed by atoms with van der Waals surface area (Å²) in [5.41, 5.74) is 0. The van der Waals surface area contributed by atoms with E-state index >= 15 is 0 Å². The lowest BCUT2D eigenvalue weighted by Gasteiger charge is -2.29. The quantitative estimate of drug-likeness (QED) is 0.594. The van der Waals surface area contributed by atoms with Gasteiger partial charge in [0.2, 0.25) is 0 Å². The summed E-state index contributed by atoms with van der Waals surface area (Å²) in [6.45, 7) is 5.48. The predicted molar refractivity (Wildman–Crippen MR) is 65.4 cm³/mol. The Morgan fingerprint density at radius 2 is 2.31 bits per heavy atom. The van der Waals surface area contributed by atoms with Crippen LogP contribution in [-0.4, -0.2) is 28.4 Å². The molecule has 0 spiro atoms. The van der Waals surface area contributed by atoms with Gasteiger partial charge in [-0.2, -0.15) is 0 Å². The van der Waals surface area contributed by atoms with Crippen LogP contribution in [0.1, 0.15) is 12.8 Å². The third kappa shape index (κ3) is 3.06. The zero-order valence-corrected chi connectivity index (χ0v) is 10.0. The number of hydrogen-bond acceptors (Lipinski definition) is 4. The highest BCUT2D eigenvalue weighted by atomic mass is 32.2. The first kappa shape index (κ1) is 11.6. The normalized spacial score (nSPS) is 25.2. The zero-order valence-electron chi connectivity index (χ0n) is 9.21. The summed E-state index contributed by atoms with van der Waals surface area (Å²) in [7, 11) is 0. The van der Waals surface area contributed by atoms with Crippen LogP contribution in [0, 0.1) is 5.92 Å². The standard InChI is InChI=1S/C12H16N2OS/c1-2-4-10-9-15-8-5-11(10)16-12-13-6-3-7-14-12/h2-3,6-7,10-11H,1,4-5,8-9H2/t10-,11-/m0/s1. The van der Waals surface area contributed by atoms with Crippen LogP contribution >= 0.6 is 11.8 Å². The van der Waals surface area contributed by atoms with E-state index in [1.807, 2.05) is 12.1 Å². The first-order valence-corrected chi connectivity index (χ1v) is 6.40. The SMILES string of the molecule is C=CC[C@H]1COCC[C@@H]1Sc1ncccn1. The lowest BCUT2D eigenvalue weighted by molar-refractivity contribution is 0.0602. The third-order valence-corrected chi connectivity index (χ3v) is 4.02. The first-order chi connectivity index (χ1) is 7.90. The highest BCUT2D eigenvalue weighted by molar-refractivity contribution is 7.99.